The van der Waals surface area contributed by atoms with Crippen molar-refractivity contribution < 1.29 is 13.2 Å². The molecule has 0 saturated heterocycles. The lowest BCUT2D eigenvalue weighted by Gasteiger charge is -2.15. The van der Waals surface area contributed by atoms with Gasteiger partial charge in [-0.1, -0.05) is 29.8 Å². The summed E-state index contributed by atoms with van der Waals surface area (Å²) in [5, 5.41) is 0. The maximum atomic E-state index is 12.4. The summed E-state index contributed by atoms with van der Waals surface area (Å²) in [6.07, 6.45) is 0. The number of methoxy groups -OCH3 is 1. The van der Waals surface area contributed by atoms with E-state index in [1.54, 1.807) is 42.5 Å². The van der Waals surface area contributed by atoms with Gasteiger partial charge in [0.05, 0.1) is 17.7 Å². The Morgan fingerprint density at radius 1 is 1.14 bits per heavy atom. The molecular formula is C15H18N2O3S. The van der Waals surface area contributed by atoms with Crippen LogP contribution in [0.1, 0.15) is 11.1 Å². The molecule has 0 fully saturated rings. The molecule has 3 N–H and O–H groups in total. The normalized spacial score (nSPS) is 11.2. The van der Waals surface area contributed by atoms with Crippen molar-refractivity contribution in [3.05, 3.63) is 53.6 Å². The highest BCUT2D eigenvalue weighted by molar-refractivity contribution is 7.92. The van der Waals surface area contributed by atoms with Crippen LogP contribution in [0.25, 0.3) is 0 Å². The lowest BCUT2D eigenvalue weighted by molar-refractivity contribution is 0.416. The van der Waals surface area contributed by atoms with E-state index in [1.807, 2.05) is 6.92 Å². The van der Waals surface area contributed by atoms with E-state index in [1.165, 1.54) is 7.11 Å². The predicted molar refractivity (Wildman–Crippen MR) is 82.9 cm³/mol. The van der Waals surface area contributed by atoms with Gasteiger partial charge < -0.3 is 10.5 Å². The van der Waals surface area contributed by atoms with Crippen LogP contribution < -0.4 is 15.2 Å². The standard InChI is InChI=1S/C15H18N2O3S/c1-11-6-8-13(9-7-11)21(18,19)17-15-12(10-16)4-3-5-14(15)20-2/h3-9,17H,10,16H2,1-2H3. The Kier molecular flexibility index (Phi) is 4.50. The van der Waals surface area contributed by atoms with Crippen molar-refractivity contribution in [1.82, 2.24) is 0 Å². The lowest BCUT2D eigenvalue weighted by atomic mass is 10.1. The average molecular weight is 306 g/mol. The first-order chi connectivity index (χ1) is 9.97. The van der Waals surface area contributed by atoms with Crippen LogP contribution >= 0.6 is 0 Å². The maximum absolute atomic E-state index is 12.4. The lowest BCUT2D eigenvalue weighted by Crippen LogP contribution is -2.16. The van der Waals surface area contributed by atoms with Crippen molar-refractivity contribution in [3.8, 4) is 5.75 Å². The first kappa shape index (κ1) is 15.3. The molecule has 0 aromatic heterocycles. The molecule has 2 aromatic carbocycles. The minimum atomic E-state index is -3.68. The first-order valence-electron chi connectivity index (χ1n) is 6.43. The molecule has 112 valence electrons. The van der Waals surface area contributed by atoms with Gasteiger partial charge in [0.15, 0.2) is 0 Å². The van der Waals surface area contributed by atoms with Crippen molar-refractivity contribution in [3.63, 3.8) is 0 Å². The minimum Gasteiger partial charge on any atom is -0.495 e. The van der Waals surface area contributed by atoms with Gasteiger partial charge >= 0.3 is 0 Å². The van der Waals surface area contributed by atoms with Crippen LogP contribution in [0.5, 0.6) is 5.75 Å². The summed E-state index contributed by atoms with van der Waals surface area (Å²) in [7, 11) is -2.20. The summed E-state index contributed by atoms with van der Waals surface area (Å²) in [6, 6.07) is 11.8. The third-order valence-corrected chi connectivity index (χ3v) is 4.49. The Hall–Kier alpha value is -2.05. The second-order valence-corrected chi connectivity index (χ2v) is 6.30. The van der Waals surface area contributed by atoms with Gasteiger partial charge in [-0.05, 0) is 30.7 Å². The second kappa shape index (κ2) is 6.15. The van der Waals surface area contributed by atoms with E-state index in [9.17, 15) is 8.42 Å². The molecule has 0 unspecified atom stereocenters. The van der Waals surface area contributed by atoms with E-state index in [0.29, 0.717) is 17.0 Å². The highest BCUT2D eigenvalue weighted by Gasteiger charge is 2.18. The fourth-order valence-corrected chi connectivity index (χ4v) is 3.06. The summed E-state index contributed by atoms with van der Waals surface area (Å²) in [6.45, 7) is 2.11. The number of ether oxygens (including phenoxy) is 1. The van der Waals surface area contributed by atoms with Gasteiger partial charge in [-0.2, -0.15) is 0 Å². The summed E-state index contributed by atoms with van der Waals surface area (Å²) in [5.41, 5.74) is 7.70. The fourth-order valence-electron chi connectivity index (χ4n) is 1.94. The molecule has 0 spiro atoms. The number of nitrogens with two attached hydrogens (primary N) is 1. The number of benzene rings is 2. The van der Waals surface area contributed by atoms with Gasteiger partial charge in [0.25, 0.3) is 10.0 Å². The molecule has 0 radical (unpaired) electrons. The monoisotopic (exact) mass is 306 g/mol. The van der Waals surface area contributed by atoms with Crippen molar-refractivity contribution in [1.29, 1.82) is 0 Å². The third kappa shape index (κ3) is 3.34. The molecule has 5 nitrogen and oxygen atoms in total. The zero-order chi connectivity index (χ0) is 15.5. The van der Waals surface area contributed by atoms with E-state index in [-0.39, 0.29) is 11.4 Å². The molecule has 0 aliphatic carbocycles. The summed E-state index contributed by atoms with van der Waals surface area (Å²) >= 11 is 0. The second-order valence-electron chi connectivity index (χ2n) is 4.62. The number of hydrogen-bond acceptors (Lipinski definition) is 4. The SMILES string of the molecule is COc1cccc(CN)c1NS(=O)(=O)c1ccc(C)cc1. The van der Waals surface area contributed by atoms with Gasteiger partial charge in [0.1, 0.15) is 5.75 Å². The highest BCUT2D eigenvalue weighted by atomic mass is 32.2. The molecular weight excluding hydrogens is 288 g/mol. The van der Waals surface area contributed by atoms with Gasteiger partial charge in [0, 0.05) is 6.54 Å². The van der Waals surface area contributed by atoms with E-state index < -0.39 is 10.0 Å². The number of para-hydroxylation sites is 1. The van der Waals surface area contributed by atoms with Gasteiger partial charge in [0.2, 0.25) is 0 Å². The van der Waals surface area contributed by atoms with E-state index >= 15 is 0 Å². The van der Waals surface area contributed by atoms with Gasteiger partial charge in [-0.25, -0.2) is 8.42 Å². The number of sulfonamides is 1. The zero-order valence-corrected chi connectivity index (χ0v) is 12.8. The topological polar surface area (TPSA) is 81.4 Å². The number of hydrogen-bond donors (Lipinski definition) is 2. The fraction of sp³-hybridized carbons (Fsp3) is 0.200. The molecule has 0 atom stereocenters. The molecule has 0 aliphatic heterocycles. The zero-order valence-electron chi connectivity index (χ0n) is 12.0. The molecule has 0 amide bonds. The summed E-state index contributed by atoms with van der Waals surface area (Å²) in [5.74, 6) is 0.439. The number of rotatable bonds is 5. The first-order valence-corrected chi connectivity index (χ1v) is 7.91. The highest BCUT2D eigenvalue weighted by Crippen LogP contribution is 2.30. The largest absolute Gasteiger partial charge is 0.495 e. The Labute approximate surface area is 124 Å². The Morgan fingerprint density at radius 3 is 2.38 bits per heavy atom. The Balaban J connectivity index is 2.43. The molecule has 0 aliphatic rings. The van der Waals surface area contributed by atoms with Crippen molar-refractivity contribution in [2.45, 2.75) is 18.4 Å². The molecule has 2 aromatic rings. The van der Waals surface area contributed by atoms with Crippen molar-refractivity contribution in [2.24, 2.45) is 5.73 Å². The van der Waals surface area contributed by atoms with Crippen LogP contribution in [-0.2, 0) is 16.6 Å². The number of aryl methyl sites for hydroxylation is 1. The Bertz CT molecular complexity index is 703. The van der Waals surface area contributed by atoms with Gasteiger partial charge in [-0.15, -0.1) is 0 Å². The van der Waals surface area contributed by atoms with E-state index in [0.717, 1.165) is 5.56 Å². The summed E-state index contributed by atoms with van der Waals surface area (Å²) < 4.78 is 32.6. The van der Waals surface area contributed by atoms with E-state index in [2.05, 4.69) is 4.72 Å². The molecule has 0 saturated carbocycles. The molecule has 21 heavy (non-hydrogen) atoms. The van der Waals surface area contributed by atoms with Crippen molar-refractivity contribution in [2.75, 3.05) is 11.8 Å². The van der Waals surface area contributed by atoms with E-state index in [4.69, 9.17) is 10.5 Å². The van der Waals surface area contributed by atoms with Crippen molar-refractivity contribution >= 4 is 15.7 Å². The number of nitrogens with one attached hydrogen (secondary N) is 1. The van der Waals surface area contributed by atoms with Crippen LogP contribution in [0, 0.1) is 6.92 Å². The third-order valence-electron chi connectivity index (χ3n) is 3.12. The average Bonchev–Trinajstić information content (AvgIpc) is 2.47. The van der Waals surface area contributed by atoms with Crippen LogP contribution in [-0.4, -0.2) is 15.5 Å². The van der Waals surface area contributed by atoms with Crippen LogP contribution in [0.3, 0.4) is 0 Å². The summed E-state index contributed by atoms with van der Waals surface area (Å²) in [4.78, 5) is 0.196. The van der Waals surface area contributed by atoms with Crippen LogP contribution in [0.4, 0.5) is 5.69 Å². The minimum absolute atomic E-state index is 0.196. The molecule has 2 rings (SSSR count). The van der Waals surface area contributed by atoms with Crippen LogP contribution in [0.2, 0.25) is 0 Å². The number of anilines is 1. The molecule has 6 heteroatoms. The Morgan fingerprint density at radius 2 is 1.81 bits per heavy atom. The van der Waals surface area contributed by atoms with Crippen LogP contribution in [0.15, 0.2) is 47.4 Å². The maximum Gasteiger partial charge on any atom is 0.262 e. The van der Waals surface area contributed by atoms with Gasteiger partial charge in [-0.3, -0.25) is 4.72 Å². The molecule has 0 bridgehead atoms. The predicted octanol–water partition coefficient (Wildman–Crippen LogP) is 2.26. The smallest absolute Gasteiger partial charge is 0.262 e. The quantitative estimate of drug-likeness (QED) is 0.888. The molecule has 0 heterocycles.